The minimum Gasteiger partial charge on any atom is -0.313 e. The van der Waals surface area contributed by atoms with Gasteiger partial charge in [-0.2, -0.15) is 0 Å². The quantitative estimate of drug-likeness (QED) is 0.689. The molecule has 0 atom stereocenters. The Balaban J connectivity index is 2.81. The molecule has 1 rings (SSSR count). The Hall–Kier alpha value is -0.910. The predicted molar refractivity (Wildman–Crippen MR) is 87.8 cm³/mol. The van der Waals surface area contributed by atoms with Gasteiger partial charge in [0.25, 0.3) is 0 Å². The summed E-state index contributed by atoms with van der Waals surface area (Å²) in [5.74, 6) is 0.485. The number of nitrogens with one attached hydrogen (secondary N) is 2. The highest BCUT2D eigenvalue weighted by Crippen LogP contribution is 2.17. The molecule has 0 spiro atoms. The molecule has 0 amide bonds. The van der Waals surface area contributed by atoms with Gasteiger partial charge in [0.05, 0.1) is 4.90 Å². The van der Waals surface area contributed by atoms with Crippen LogP contribution < -0.4 is 10.0 Å². The van der Waals surface area contributed by atoms with Crippen LogP contribution in [0.4, 0.5) is 0 Å². The number of sulfonamides is 1. The van der Waals surface area contributed by atoms with E-state index in [2.05, 4.69) is 30.8 Å². The van der Waals surface area contributed by atoms with Crippen LogP contribution in [0.2, 0.25) is 0 Å². The van der Waals surface area contributed by atoms with E-state index in [1.165, 1.54) is 0 Å². The molecule has 4 nitrogen and oxygen atoms in total. The first-order chi connectivity index (χ1) is 9.86. The molecular formula is C16H28N2O2S. The molecule has 21 heavy (non-hydrogen) atoms. The monoisotopic (exact) mass is 312 g/mol. The molecule has 0 aromatic heterocycles. The van der Waals surface area contributed by atoms with Crippen LogP contribution in [0.25, 0.3) is 0 Å². The first-order valence-electron chi connectivity index (χ1n) is 7.66. The van der Waals surface area contributed by atoms with E-state index in [1.54, 1.807) is 6.07 Å². The smallest absolute Gasteiger partial charge is 0.240 e. The van der Waals surface area contributed by atoms with Crippen molar-refractivity contribution in [3.05, 3.63) is 29.3 Å². The average molecular weight is 312 g/mol. The molecule has 0 saturated carbocycles. The van der Waals surface area contributed by atoms with Gasteiger partial charge >= 0.3 is 0 Å². The van der Waals surface area contributed by atoms with Crippen LogP contribution in [0.1, 0.15) is 44.7 Å². The summed E-state index contributed by atoms with van der Waals surface area (Å²) in [6.45, 7) is 10.2. The molecular weight excluding hydrogens is 284 g/mol. The molecule has 0 aliphatic rings. The summed E-state index contributed by atoms with van der Waals surface area (Å²) in [6.07, 6.45) is 1.91. The van der Waals surface area contributed by atoms with E-state index in [4.69, 9.17) is 0 Å². The first-order valence-corrected chi connectivity index (χ1v) is 9.15. The van der Waals surface area contributed by atoms with Crippen molar-refractivity contribution in [3.8, 4) is 0 Å². The summed E-state index contributed by atoms with van der Waals surface area (Å²) in [4.78, 5) is 0.391. The van der Waals surface area contributed by atoms with Crippen LogP contribution in [0.5, 0.6) is 0 Å². The maximum Gasteiger partial charge on any atom is 0.240 e. The van der Waals surface area contributed by atoms with Gasteiger partial charge < -0.3 is 5.32 Å². The Bertz CT molecular complexity index is 539. The molecule has 2 N–H and O–H groups in total. The third-order valence-corrected chi connectivity index (χ3v) is 4.91. The lowest BCUT2D eigenvalue weighted by molar-refractivity contribution is 0.551. The molecule has 0 bridgehead atoms. The highest BCUT2D eigenvalue weighted by molar-refractivity contribution is 7.89. The van der Waals surface area contributed by atoms with Crippen molar-refractivity contribution < 1.29 is 8.42 Å². The van der Waals surface area contributed by atoms with Crippen molar-refractivity contribution in [2.45, 2.75) is 52.0 Å². The second-order valence-electron chi connectivity index (χ2n) is 5.86. The van der Waals surface area contributed by atoms with E-state index in [9.17, 15) is 8.42 Å². The van der Waals surface area contributed by atoms with Gasteiger partial charge in [0, 0.05) is 13.1 Å². The van der Waals surface area contributed by atoms with Crippen molar-refractivity contribution in [1.82, 2.24) is 10.0 Å². The van der Waals surface area contributed by atoms with Crippen molar-refractivity contribution in [2.75, 3.05) is 13.1 Å². The van der Waals surface area contributed by atoms with Gasteiger partial charge in [-0.15, -0.1) is 0 Å². The molecule has 0 heterocycles. The Morgan fingerprint density at radius 1 is 1.19 bits per heavy atom. The summed E-state index contributed by atoms with van der Waals surface area (Å²) in [6, 6.07) is 5.63. The molecule has 1 aromatic carbocycles. The molecule has 120 valence electrons. The van der Waals surface area contributed by atoms with Crippen molar-refractivity contribution >= 4 is 10.0 Å². The van der Waals surface area contributed by atoms with Gasteiger partial charge in [0.15, 0.2) is 0 Å². The van der Waals surface area contributed by atoms with Crippen molar-refractivity contribution in [3.63, 3.8) is 0 Å². The highest BCUT2D eigenvalue weighted by atomic mass is 32.2. The fraction of sp³-hybridized carbons (Fsp3) is 0.625. The van der Waals surface area contributed by atoms with Gasteiger partial charge in [0.1, 0.15) is 0 Å². The zero-order valence-corrected chi connectivity index (χ0v) is 14.4. The molecule has 0 aliphatic carbocycles. The largest absolute Gasteiger partial charge is 0.313 e. The first kappa shape index (κ1) is 18.1. The molecule has 0 fully saturated rings. The standard InChI is InChI=1S/C16H28N2O2S/c1-5-9-17-12-15-7-6-14(4)16(11-15)21(19,20)18-10-8-13(2)3/h6-7,11,13,17-18H,5,8-10,12H2,1-4H3. The molecule has 0 radical (unpaired) electrons. The summed E-state index contributed by atoms with van der Waals surface area (Å²) >= 11 is 0. The van der Waals surface area contributed by atoms with Gasteiger partial charge in [-0.3, -0.25) is 0 Å². The summed E-state index contributed by atoms with van der Waals surface area (Å²) in [5.41, 5.74) is 1.78. The van der Waals surface area contributed by atoms with E-state index in [-0.39, 0.29) is 0 Å². The normalized spacial score (nSPS) is 12.0. The fourth-order valence-corrected chi connectivity index (χ4v) is 3.35. The second kappa shape index (κ2) is 8.51. The van der Waals surface area contributed by atoms with Crippen LogP contribution in [-0.4, -0.2) is 21.5 Å². The predicted octanol–water partition coefficient (Wildman–Crippen LogP) is 2.82. The summed E-state index contributed by atoms with van der Waals surface area (Å²) in [7, 11) is -3.42. The number of rotatable bonds is 9. The Labute approximate surface area is 129 Å². The van der Waals surface area contributed by atoms with Gasteiger partial charge in [-0.05, 0) is 49.4 Å². The van der Waals surface area contributed by atoms with E-state index >= 15 is 0 Å². The number of hydrogen-bond acceptors (Lipinski definition) is 3. The Morgan fingerprint density at radius 3 is 2.52 bits per heavy atom. The van der Waals surface area contributed by atoms with E-state index < -0.39 is 10.0 Å². The fourth-order valence-electron chi connectivity index (χ4n) is 2.01. The third-order valence-electron chi connectivity index (χ3n) is 3.31. The van der Waals surface area contributed by atoms with Crippen LogP contribution in [0.15, 0.2) is 23.1 Å². The van der Waals surface area contributed by atoms with Crippen LogP contribution in [0, 0.1) is 12.8 Å². The van der Waals surface area contributed by atoms with Gasteiger partial charge in [0.2, 0.25) is 10.0 Å². The number of benzene rings is 1. The number of aryl methyl sites for hydroxylation is 1. The number of hydrogen-bond donors (Lipinski definition) is 2. The van der Waals surface area contributed by atoms with Crippen molar-refractivity contribution in [2.24, 2.45) is 5.92 Å². The summed E-state index contributed by atoms with van der Waals surface area (Å²) < 4.78 is 27.5. The molecule has 0 saturated heterocycles. The Kier molecular flexibility index (Phi) is 7.35. The van der Waals surface area contributed by atoms with Gasteiger partial charge in [-0.25, -0.2) is 13.1 Å². The molecule has 0 unspecified atom stereocenters. The maximum absolute atomic E-state index is 12.4. The molecule has 5 heteroatoms. The van der Waals surface area contributed by atoms with Crippen LogP contribution >= 0.6 is 0 Å². The van der Waals surface area contributed by atoms with Gasteiger partial charge in [-0.1, -0.05) is 32.9 Å². The lowest BCUT2D eigenvalue weighted by Crippen LogP contribution is -2.26. The molecule has 1 aromatic rings. The topological polar surface area (TPSA) is 58.2 Å². The zero-order chi connectivity index (χ0) is 15.9. The minimum atomic E-state index is -3.42. The minimum absolute atomic E-state index is 0.391. The third kappa shape index (κ3) is 6.16. The van der Waals surface area contributed by atoms with Crippen molar-refractivity contribution in [1.29, 1.82) is 0 Å². The lowest BCUT2D eigenvalue weighted by Gasteiger charge is -2.12. The summed E-state index contributed by atoms with van der Waals surface area (Å²) in [5, 5.41) is 3.29. The van der Waals surface area contributed by atoms with Crippen LogP contribution in [-0.2, 0) is 16.6 Å². The molecule has 0 aliphatic heterocycles. The average Bonchev–Trinajstić information content (AvgIpc) is 2.40. The second-order valence-corrected chi connectivity index (χ2v) is 7.59. The highest BCUT2D eigenvalue weighted by Gasteiger charge is 2.16. The Morgan fingerprint density at radius 2 is 1.90 bits per heavy atom. The zero-order valence-electron chi connectivity index (χ0n) is 13.6. The van der Waals surface area contributed by atoms with E-state index in [0.29, 0.717) is 23.9 Å². The lowest BCUT2D eigenvalue weighted by atomic mass is 10.1. The van der Waals surface area contributed by atoms with Crippen LogP contribution in [0.3, 0.4) is 0 Å². The SMILES string of the molecule is CCCNCc1ccc(C)c(S(=O)(=O)NCCC(C)C)c1. The maximum atomic E-state index is 12.4. The van der Waals surface area contributed by atoms with E-state index in [1.807, 2.05) is 19.1 Å². The van der Waals surface area contributed by atoms with E-state index in [0.717, 1.165) is 30.5 Å².